The summed E-state index contributed by atoms with van der Waals surface area (Å²) in [6.45, 7) is 7.93. The number of pyridine rings is 1. The van der Waals surface area contributed by atoms with Gasteiger partial charge in [-0.05, 0) is 71.8 Å². The van der Waals surface area contributed by atoms with Crippen molar-refractivity contribution in [3.8, 4) is 5.69 Å². The summed E-state index contributed by atoms with van der Waals surface area (Å²) in [5.74, 6) is 0.896. The predicted octanol–water partition coefficient (Wildman–Crippen LogP) is 9.40. The first-order chi connectivity index (χ1) is 18.2. The van der Waals surface area contributed by atoms with Gasteiger partial charge in [0.2, 0.25) is 0 Å². The second-order valence-corrected chi connectivity index (χ2v) is 10.1. The molecule has 0 aliphatic carbocycles. The molecule has 7 rings (SSSR count). The van der Waals surface area contributed by atoms with Crippen LogP contribution in [0.5, 0.6) is 0 Å². The number of hydrogen-bond acceptors (Lipinski definition) is 3. The van der Waals surface area contributed by atoms with E-state index in [2.05, 4.69) is 120 Å². The minimum Gasteiger partial charge on any atom is -0.308 e. The Labute approximate surface area is 220 Å². The fourth-order valence-electron chi connectivity index (χ4n) is 5.18. The third kappa shape index (κ3) is 3.41. The molecule has 3 nitrogen and oxygen atoms in total. The zero-order chi connectivity index (χ0) is 24.9. The standard InChI is InChI=1S/C33H23N3S/c1-3-22-13-16-27-25(19-22)26-20-23(4-2)14-17-28(26)35(27)24-15-18-33(34-21-24)36-29-9-5-7-11-31(29)37-32-12-8-6-10-30(32)36/h3-21H,1-2H2. The van der Waals surface area contributed by atoms with E-state index in [0.717, 1.165) is 45.0 Å². The number of aromatic nitrogens is 2. The number of hydrogen-bond donors (Lipinski definition) is 0. The zero-order valence-electron chi connectivity index (χ0n) is 20.1. The van der Waals surface area contributed by atoms with Gasteiger partial charge in [-0.2, -0.15) is 0 Å². The van der Waals surface area contributed by atoms with Crippen molar-refractivity contribution in [2.75, 3.05) is 4.90 Å². The van der Waals surface area contributed by atoms with Crippen LogP contribution in [-0.2, 0) is 0 Å². The Morgan fingerprint density at radius 1 is 0.649 bits per heavy atom. The van der Waals surface area contributed by atoms with E-state index in [1.54, 1.807) is 11.8 Å². The molecule has 0 fully saturated rings. The highest BCUT2D eigenvalue weighted by Crippen LogP contribution is 2.50. The Morgan fingerprint density at radius 2 is 1.22 bits per heavy atom. The van der Waals surface area contributed by atoms with Gasteiger partial charge in [0, 0.05) is 20.6 Å². The molecule has 6 aromatic rings. The van der Waals surface area contributed by atoms with Crippen molar-refractivity contribution in [3.63, 3.8) is 0 Å². The van der Waals surface area contributed by atoms with Crippen molar-refractivity contribution >= 4 is 62.9 Å². The van der Waals surface area contributed by atoms with Gasteiger partial charge in [-0.15, -0.1) is 0 Å². The van der Waals surface area contributed by atoms with Gasteiger partial charge in [-0.3, -0.25) is 4.90 Å². The highest BCUT2D eigenvalue weighted by molar-refractivity contribution is 7.99. The van der Waals surface area contributed by atoms with Gasteiger partial charge >= 0.3 is 0 Å². The molecule has 3 heterocycles. The van der Waals surface area contributed by atoms with E-state index >= 15 is 0 Å². The van der Waals surface area contributed by atoms with Crippen molar-refractivity contribution in [3.05, 3.63) is 128 Å². The van der Waals surface area contributed by atoms with E-state index in [1.807, 2.05) is 18.3 Å². The maximum atomic E-state index is 5.00. The lowest BCUT2D eigenvalue weighted by atomic mass is 10.1. The Hall–Kier alpha value is -4.54. The van der Waals surface area contributed by atoms with Gasteiger partial charge in [0.05, 0.1) is 34.3 Å². The van der Waals surface area contributed by atoms with Crippen molar-refractivity contribution in [2.24, 2.45) is 0 Å². The minimum atomic E-state index is 0.896. The topological polar surface area (TPSA) is 21.1 Å². The van der Waals surface area contributed by atoms with Crippen LogP contribution in [0, 0.1) is 0 Å². The first-order valence-electron chi connectivity index (χ1n) is 12.2. The lowest BCUT2D eigenvalue weighted by molar-refractivity contribution is 1.09. The van der Waals surface area contributed by atoms with Crippen LogP contribution in [0.1, 0.15) is 11.1 Å². The number of anilines is 3. The SMILES string of the molecule is C=Cc1ccc2c(c1)c1cc(C=C)ccc1n2-c1ccc(N2c3ccccc3Sc3ccccc32)nc1. The molecule has 176 valence electrons. The number of rotatable bonds is 4. The monoisotopic (exact) mass is 493 g/mol. The normalized spacial score (nSPS) is 12.4. The smallest absolute Gasteiger partial charge is 0.137 e. The molecular formula is C33H23N3S. The Bertz CT molecular complexity index is 1740. The van der Waals surface area contributed by atoms with Crippen LogP contribution in [0.3, 0.4) is 0 Å². The Balaban J connectivity index is 1.40. The van der Waals surface area contributed by atoms with Crippen LogP contribution >= 0.6 is 11.8 Å². The van der Waals surface area contributed by atoms with Crippen LogP contribution < -0.4 is 4.90 Å². The largest absolute Gasteiger partial charge is 0.308 e. The molecule has 37 heavy (non-hydrogen) atoms. The first-order valence-corrected chi connectivity index (χ1v) is 13.0. The predicted molar refractivity (Wildman–Crippen MR) is 158 cm³/mol. The summed E-state index contributed by atoms with van der Waals surface area (Å²) in [6.07, 6.45) is 5.76. The molecule has 4 aromatic carbocycles. The number of fused-ring (bicyclic) bond motifs is 5. The molecule has 1 aliphatic rings. The number of nitrogens with zero attached hydrogens (tertiary/aromatic N) is 3. The van der Waals surface area contributed by atoms with Crippen LogP contribution in [0.25, 0.3) is 39.6 Å². The van der Waals surface area contributed by atoms with Crippen LogP contribution in [0.15, 0.2) is 126 Å². The molecule has 0 N–H and O–H groups in total. The lowest BCUT2D eigenvalue weighted by Crippen LogP contribution is -2.16. The Kier molecular flexibility index (Phi) is 5.01. The summed E-state index contributed by atoms with van der Waals surface area (Å²) in [7, 11) is 0. The van der Waals surface area contributed by atoms with Crippen LogP contribution in [-0.4, -0.2) is 9.55 Å². The van der Waals surface area contributed by atoms with Gasteiger partial charge in [0.15, 0.2) is 0 Å². The summed E-state index contributed by atoms with van der Waals surface area (Å²) >= 11 is 1.80. The fraction of sp³-hybridized carbons (Fsp3) is 0. The highest BCUT2D eigenvalue weighted by atomic mass is 32.2. The zero-order valence-corrected chi connectivity index (χ0v) is 21.0. The molecule has 0 saturated carbocycles. The number of para-hydroxylation sites is 2. The molecule has 0 atom stereocenters. The molecule has 2 aromatic heterocycles. The summed E-state index contributed by atoms with van der Waals surface area (Å²) < 4.78 is 2.29. The second kappa shape index (κ2) is 8.54. The maximum absolute atomic E-state index is 5.00. The maximum Gasteiger partial charge on any atom is 0.137 e. The average molecular weight is 494 g/mol. The van der Waals surface area contributed by atoms with E-state index < -0.39 is 0 Å². The van der Waals surface area contributed by atoms with Gasteiger partial charge in [-0.1, -0.05) is 73.5 Å². The second-order valence-electron chi connectivity index (χ2n) is 9.04. The van der Waals surface area contributed by atoms with E-state index in [9.17, 15) is 0 Å². The summed E-state index contributed by atoms with van der Waals surface area (Å²) in [4.78, 5) is 9.71. The molecular weight excluding hydrogens is 470 g/mol. The third-order valence-corrected chi connectivity index (χ3v) is 8.07. The lowest BCUT2D eigenvalue weighted by Gasteiger charge is -2.31. The van der Waals surface area contributed by atoms with E-state index in [1.165, 1.54) is 20.6 Å². The first kappa shape index (κ1) is 21.7. The molecule has 0 saturated heterocycles. The van der Waals surface area contributed by atoms with Crippen molar-refractivity contribution < 1.29 is 0 Å². The van der Waals surface area contributed by atoms with Gasteiger partial charge < -0.3 is 4.57 Å². The van der Waals surface area contributed by atoms with Gasteiger partial charge in [-0.25, -0.2) is 4.98 Å². The Morgan fingerprint density at radius 3 is 1.73 bits per heavy atom. The molecule has 4 heteroatoms. The average Bonchev–Trinajstić information content (AvgIpc) is 3.28. The summed E-state index contributed by atoms with van der Waals surface area (Å²) in [5, 5.41) is 2.38. The van der Waals surface area contributed by atoms with E-state index in [-0.39, 0.29) is 0 Å². The minimum absolute atomic E-state index is 0.896. The quantitative estimate of drug-likeness (QED) is 0.244. The van der Waals surface area contributed by atoms with Crippen molar-refractivity contribution in [1.29, 1.82) is 0 Å². The van der Waals surface area contributed by atoms with Crippen molar-refractivity contribution in [2.45, 2.75) is 9.79 Å². The van der Waals surface area contributed by atoms with Crippen LogP contribution in [0.2, 0.25) is 0 Å². The van der Waals surface area contributed by atoms with Gasteiger partial charge in [0.1, 0.15) is 5.82 Å². The molecule has 0 bridgehead atoms. The highest BCUT2D eigenvalue weighted by Gasteiger charge is 2.25. The summed E-state index contributed by atoms with van der Waals surface area (Å²) in [6, 6.07) is 34.3. The van der Waals surface area contributed by atoms with E-state index in [0.29, 0.717) is 0 Å². The molecule has 0 amide bonds. The summed E-state index contributed by atoms with van der Waals surface area (Å²) in [5.41, 5.74) is 7.81. The molecule has 0 radical (unpaired) electrons. The van der Waals surface area contributed by atoms with Crippen molar-refractivity contribution in [1.82, 2.24) is 9.55 Å². The third-order valence-electron chi connectivity index (χ3n) is 6.94. The molecule has 1 aliphatic heterocycles. The van der Waals surface area contributed by atoms with E-state index in [4.69, 9.17) is 4.98 Å². The fourth-order valence-corrected chi connectivity index (χ4v) is 6.24. The number of benzene rings is 4. The van der Waals surface area contributed by atoms with Crippen LogP contribution in [0.4, 0.5) is 17.2 Å². The van der Waals surface area contributed by atoms with Gasteiger partial charge in [0.25, 0.3) is 0 Å². The molecule has 0 spiro atoms. The molecule has 0 unspecified atom stereocenters.